The molecule has 0 aliphatic carbocycles. The number of rotatable bonds is 10. The van der Waals surface area contributed by atoms with Gasteiger partial charge in [0.15, 0.2) is 0 Å². The zero-order chi connectivity index (χ0) is 31.1. The van der Waals surface area contributed by atoms with Gasteiger partial charge in [0.2, 0.25) is 11.8 Å². The summed E-state index contributed by atoms with van der Waals surface area (Å²) in [7, 11) is 0. The lowest BCUT2D eigenvalue weighted by atomic mass is 9.87. The molecular weight excluding hydrogens is 552 g/mol. The molecule has 9 atom stereocenters. The fraction of sp³-hybridized carbons (Fsp3) is 0.727. The highest BCUT2D eigenvalue weighted by Gasteiger charge is 2.58. The van der Waals surface area contributed by atoms with E-state index in [2.05, 4.69) is 18.3 Å². The topological polar surface area (TPSA) is 127 Å². The van der Waals surface area contributed by atoms with Gasteiger partial charge in [0.1, 0.15) is 23.9 Å². The van der Waals surface area contributed by atoms with Gasteiger partial charge in [0, 0.05) is 32.5 Å². The van der Waals surface area contributed by atoms with Crippen molar-refractivity contribution in [2.45, 2.75) is 128 Å². The summed E-state index contributed by atoms with van der Waals surface area (Å²) in [4.78, 5) is 38.2. The molecule has 0 radical (unpaired) electrons. The Morgan fingerprint density at radius 1 is 1.12 bits per heavy atom. The third kappa shape index (κ3) is 9.48. The predicted octanol–water partition coefficient (Wildman–Crippen LogP) is 3.38. The summed E-state index contributed by atoms with van der Waals surface area (Å²) >= 11 is 0. The Balaban J connectivity index is 1.26. The number of epoxide rings is 1. The molecule has 4 heterocycles. The number of ether oxygens (including phenoxy) is 4. The molecule has 10 nitrogen and oxygen atoms in total. The number of allylic oxidation sites excluding steroid dienone is 2. The van der Waals surface area contributed by atoms with Gasteiger partial charge >= 0.3 is 5.97 Å². The predicted molar refractivity (Wildman–Crippen MR) is 161 cm³/mol. The highest BCUT2D eigenvalue weighted by molar-refractivity contribution is 5.87. The normalized spacial score (nSPS) is 35.7. The number of aliphatic hydroxyl groups excluding tert-OH is 1. The number of nitrogens with zero attached hydrogens (tertiary/aromatic N) is 1. The van der Waals surface area contributed by atoms with Crippen molar-refractivity contribution in [1.29, 1.82) is 0 Å². The minimum Gasteiger partial charge on any atom is -0.459 e. The summed E-state index contributed by atoms with van der Waals surface area (Å²) in [5, 5.41) is 14.0. The second-order valence-corrected chi connectivity index (χ2v) is 12.8. The zero-order valence-electron chi connectivity index (χ0n) is 26.3. The Morgan fingerprint density at radius 2 is 1.84 bits per heavy atom. The maximum Gasteiger partial charge on any atom is 0.303 e. The summed E-state index contributed by atoms with van der Waals surface area (Å²) in [6.07, 6.45) is 12.4. The van der Waals surface area contributed by atoms with Gasteiger partial charge < -0.3 is 34.3 Å². The lowest BCUT2D eigenvalue weighted by Crippen LogP contribution is -2.51. The van der Waals surface area contributed by atoms with Crippen LogP contribution in [-0.4, -0.2) is 95.8 Å². The molecule has 0 saturated carbocycles. The van der Waals surface area contributed by atoms with Crippen molar-refractivity contribution in [2.75, 3.05) is 19.7 Å². The highest BCUT2D eigenvalue weighted by atomic mass is 16.6. The third-order valence-corrected chi connectivity index (χ3v) is 9.03. The number of hydrogen-bond acceptors (Lipinski definition) is 8. The SMILES string of the molecule is CC(=O)OC(C)C=CC(=O)NC1CC(C)C(CC=C(C)C=CC2OC(CC(=O)N3CCCCC3)CC3(CO3)C2O)OC1C. The van der Waals surface area contributed by atoms with Crippen molar-refractivity contribution in [2.24, 2.45) is 5.92 Å². The second-order valence-electron chi connectivity index (χ2n) is 12.8. The van der Waals surface area contributed by atoms with Gasteiger partial charge in [0.05, 0.1) is 37.4 Å². The molecule has 240 valence electrons. The van der Waals surface area contributed by atoms with E-state index in [0.29, 0.717) is 19.4 Å². The standard InChI is InChI=1S/C33H50N2O8/c1-21(9-12-28-22(2)17-27(24(4)42-28)34-30(37)14-11-23(3)41-25(5)36)10-13-29-32(39)33(20-40-33)19-26(43-29)18-31(38)35-15-7-6-8-16-35/h9-11,13-14,22-24,26-29,32,39H,6-8,12,15-20H2,1-5H3,(H,34,37). The van der Waals surface area contributed by atoms with Gasteiger partial charge in [0.25, 0.3) is 0 Å². The second kappa shape index (κ2) is 15.0. The first kappa shape index (κ1) is 33.4. The van der Waals surface area contributed by atoms with Crippen LogP contribution in [0.5, 0.6) is 0 Å². The monoisotopic (exact) mass is 602 g/mol. The first-order valence-corrected chi connectivity index (χ1v) is 15.9. The molecule has 4 saturated heterocycles. The van der Waals surface area contributed by atoms with Crippen LogP contribution >= 0.6 is 0 Å². The van der Waals surface area contributed by atoms with Crippen LogP contribution in [0.1, 0.15) is 79.6 Å². The van der Waals surface area contributed by atoms with Crippen molar-refractivity contribution >= 4 is 17.8 Å². The Labute approximate surface area is 255 Å². The number of nitrogens with one attached hydrogen (secondary N) is 1. The molecule has 0 aromatic carbocycles. The molecule has 4 aliphatic rings. The van der Waals surface area contributed by atoms with Crippen LogP contribution in [0.2, 0.25) is 0 Å². The van der Waals surface area contributed by atoms with E-state index in [1.165, 1.54) is 19.4 Å². The fourth-order valence-corrected chi connectivity index (χ4v) is 6.35. The number of esters is 1. The zero-order valence-corrected chi connectivity index (χ0v) is 26.3. The number of carbonyl (C=O) groups excluding carboxylic acids is 3. The van der Waals surface area contributed by atoms with Gasteiger partial charge in [-0.15, -0.1) is 0 Å². The van der Waals surface area contributed by atoms with Crippen LogP contribution in [0.15, 0.2) is 36.0 Å². The van der Waals surface area contributed by atoms with Crippen LogP contribution in [-0.2, 0) is 33.3 Å². The third-order valence-electron chi connectivity index (χ3n) is 9.03. The fourth-order valence-electron chi connectivity index (χ4n) is 6.35. The van der Waals surface area contributed by atoms with Gasteiger partial charge in [-0.1, -0.05) is 30.7 Å². The van der Waals surface area contributed by atoms with Crippen molar-refractivity contribution in [3.63, 3.8) is 0 Å². The van der Waals surface area contributed by atoms with Crippen LogP contribution in [0.3, 0.4) is 0 Å². The van der Waals surface area contributed by atoms with Gasteiger partial charge in [-0.3, -0.25) is 14.4 Å². The molecule has 0 aromatic rings. The quantitative estimate of drug-likeness (QED) is 0.169. The molecule has 4 aliphatic heterocycles. The average molecular weight is 603 g/mol. The van der Waals surface area contributed by atoms with E-state index < -0.39 is 29.9 Å². The van der Waals surface area contributed by atoms with Crippen LogP contribution in [0.4, 0.5) is 0 Å². The maximum atomic E-state index is 12.9. The summed E-state index contributed by atoms with van der Waals surface area (Å²) in [6, 6.07) is -0.117. The number of amides is 2. The van der Waals surface area contributed by atoms with E-state index in [-0.39, 0.29) is 42.1 Å². The van der Waals surface area contributed by atoms with Crippen molar-refractivity contribution in [3.8, 4) is 0 Å². The lowest BCUT2D eigenvalue weighted by molar-refractivity contribution is -0.151. The van der Waals surface area contributed by atoms with E-state index in [1.54, 1.807) is 13.0 Å². The number of carbonyl (C=O) groups is 3. The van der Waals surface area contributed by atoms with Gasteiger partial charge in [-0.2, -0.15) is 0 Å². The molecule has 1 spiro atoms. The summed E-state index contributed by atoms with van der Waals surface area (Å²) in [5.74, 6) is -0.280. The molecule has 43 heavy (non-hydrogen) atoms. The Kier molecular flexibility index (Phi) is 11.6. The van der Waals surface area contributed by atoms with E-state index in [0.717, 1.165) is 44.3 Å². The first-order chi connectivity index (χ1) is 20.5. The molecule has 4 rings (SSSR count). The van der Waals surface area contributed by atoms with E-state index in [9.17, 15) is 19.5 Å². The molecule has 0 bridgehead atoms. The van der Waals surface area contributed by atoms with Crippen LogP contribution in [0.25, 0.3) is 0 Å². The summed E-state index contributed by atoms with van der Waals surface area (Å²) < 4.78 is 23.2. The number of aliphatic hydroxyl groups is 1. The van der Waals surface area contributed by atoms with Crippen molar-refractivity contribution < 1.29 is 38.4 Å². The summed E-state index contributed by atoms with van der Waals surface area (Å²) in [6.45, 7) is 11.3. The first-order valence-electron chi connectivity index (χ1n) is 15.9. The van der Waals surface area contributed by atoms with E-state index >= 15 is 0 Å². The van der Waals surface area contributed by atoms with E-state index in [1.807, 2.05) is 30.9 Å². The molecule has 2 amide bonds. The molecule has 0 aromatic heterocycles. The van der Waals surface area contributed by atoms with Crippen LogP contribution < -0.4 is 5.32 Å². The smallest absolute Gasteiger partial charge is 0.303 e. The number of hydrogen-bond donors (Lipinski definition) is 2. The Bertz CT molecular complexity index is 1080. The molecular formula is C33H50N2O8. The minimum atomic E-state index is -0.771. The summed E-state index contributed by atoms with van der Waals surface area (Å²) in [5.41, 5.74) is 0.417. The minimum absolute atomic E-state index is 0.0101. The molecule has 9 unspecified atom stereocenters. The average Bonchev–Trinajstić information content (AvgIpc) is 3.74. The van der Waals surface area contributed by atoms with Gasteiger partial charge in [-0.25, -0.2) is 0 Å². The van der Waals surface area contributed by atoms with Crippen molar-refractivity contribution in [1.82, 2.24) is 10.2 Å². The number of piperidine rings is 1. The highest BCUT2D eigenvalue weighted by Crippen LogP contribution is 2.43. The number of likely N-dealkylation sites (tertiary alicyclic amines) is 1. The molecule has 10 heteroatoms. The molecule has 4 fully saturated rings. The lowest BCUT2D eigenvalue weighted by Gasteiger charge is -2.39. The van der Waals surface area contributed by atoms with Gasteiger partial charge in [-0.05, 0) is 64.9 Å². The largest absolute Gasteiger partial charge is 0.459 e. The van der Waals surface area contributed by atoms with Crippen molar-refractivity contribution in [3.05, 3.63) is 36.0 Å². The molecule has 2 N–H and O–H groups in total. The Morgan fingerprint density at radius 3 is 2.51 bits per heavy atom. The maximum absolute atomic E-state index is 12.9. The van der Waals surface area contributed by atoms with E-state index in [4.69, 9.17) is 18.9 Å². The van der Waals surface area contributed by atoms with Crippen LogP contribution in [0, 0.1) is 5.92 Å². The Hall–Kier alpha value is -2.53.